The number of para-hydroxylation sites is 1. The van der Waals surface area contributed by atoms with Crippen molar-refractivity contribution < 1.29 is 56.6 Å². The first-order valence-electron chi connectivity index (χ1n) is 23.9. The molecule has 3 aromatic rings. The molecule has 0 aliphatic carbocycles. The van der Waals surface area contributed by atoms with Crippen LogP contribution in [0.4, 0.5) is 13.2 Å². The van der Waals surface area contributed by atoms with Gasteiger partial charge in [-0.15, -0.1) is 0 Å². The first-order valence-corrected chi connectivity index (χ1v) is 24.7. The Balaban J connectivity index is 2.13. The van der Waals surface area contributed by atoms with Gasteiger partial charge in [0.15, 0.2) is 6.10 Å². The van der Waals surface area contributed by atoms with Gasteiger partial charge in [0.1, 0.15) is 30.2 Å². The Hall–Kier alpha value is -6.01. The Bertz CT molecular complexity index is 2410. The second kappa shape index (κ2) is 27.2. The van der Waals surface area contributed by atoms with E-state index in [2.05, 4.69) is 26.6 Å². The number of nitrogens with zero attached hydrogens (tertiary/aromatic N) is 5. The Morgan fingerprint density at radius 1 is 0.778 bits per heavy atom. The Morgan fingerprint density at radius 3 is 1.81 bits per heavy atom. The van der Waals surface area contributed by atoms with Gasteiger partial charge in [-0.2, -0.15) is 18.4 Å². The molecule has 1 aromatic heterocycles. The predicted octanol–water partition coefficient (Wildman–Crippen LogP) is 6.18. The molecule has 0 spiro atoms. The smallest absolute Gasteiger partial charge is 0.391 e. The molecule has 21 heteroatoms. The number of carboxylic acid groups (broad SMARTS) is 1. The van der Waals surface area contributed by atoms with Crippen molar-refractivity contribution in [2.24, 2.45) is 23.5 Å². The van der Waals surface area contributed by atoms with Crippen molar-refractivity contribution in [2.75, 3.05) is 21.1 Å². The number of amides is 5. The average Bonchev–Trinajstić information content (AvgIpc) is 3.64. The molecule has 2 aromatic carbocycles. The SMILES string of the molecule is CC(C)C[C@H](NC(=O)[C@H](Cc1cn(Cc2ccc(Br)cc2)c2ccccc12)N(C)C(=O)[C@H](CC(C)C)NC(=O)[C@H](CC(C)C)N(C)C(=O)[C@@H](N)CC(F)(F)F)C(=O)N(C)[C@@H](C)C(=O)O[C@H](CCC#N)C(=O)O. The van der Waals surface area contributed by atoms with Gasteiger partial charge in [-0.05, 0) is 73.3 Å². The molecule has 5 N–H and O–H groups in total. The zero-order chi connectivity index (χ0) is 54.4. The van der Waals surface area contributed by atoms with E-state index in [1.807, 2.05) is 73.1 Å². The van der Waals surface area contributed by atoms with Crippen molar-refractivity contribution in [2.45, 2.75) is 148 Å². The fourth-order valence-electron chi connectivity index (χ4n) is 8.24. The fourth-order valence-corrected chi connectivity index (χ4v) is 8.50. The number of alkyl halides is 3. The third-order valence-electron chi connectivity index (χ3n) is 12.2. The molecule has 396 valence electrons. The van der Waals surface area contributed by atoms with Gasteiger partial charge in [0.05, 0.1) is 18.5 Å². The Kier molecular flexibility index (Phi) is 22.7. The van der Waals surface area contributed by atoms with E-state index < -0.39 is 96.4 Å². The molecular formula is C51H70BrF3N8O9. The minimum atomic E-state index is -4.75. The number of carboxylic acids is 1. The molecule has 3 rings (SSSR count). The minimum Gasteiger partial charge on any atom is -0.479 e. The van der Waals surface area contributed by atoms with E-state index in [1.165, 1.54) is 33.0 Å². The number of nitrogens with two attached hydrogens (primary N) is 1. The number of benzene rings is 2. The molecule has 5 amide bonds. The van der Waals surface area contributed by atoms with E-state index in [-0.39, 0.29) is 56.3 Å². The number of ether oxygens (including phenoxy) is 1. The molecule has 1 heterocycles. The lowest BCUT2D eigenvalue weighted by Gasteiger charge is -2.35. The second-order valence-corrected chi connectivity index (χ2v) is 20.5. The Labute approximate surface area is 428 Å². The number of aromatic nitrogens is 1. The third-order valence-corrected chi connectivity index (χ3v) is 12.7. The van der Waals surface area contributed by atoms with Crippen LogP contribution in [0.15, 0.2) is 59.2 Å². The molecule has 72 heavy (non-hydrogen) atoms. The van der Waals surface area contributed by atoms with E-state index >= 15 is 4.79 Å². The summed E-state index contributed by atoms with van der Waals surface area (Å²) in [4.78, 5) is 99.9. The van der Waals surface area contributed by atoms with Gasteiger partial charge in [0.25, 0.3) is 0 Å². The van der Waals surface area contributed by atoms with Gasteiger partial charge < -0.3 is 45.5 Å². The van der Waals surface area contributed by atoms with Crippen molar-refractivity contribution >= 4 is 68.3 Å². The topological polar surface area (TPSA) is 237 Å². The van der Waals surface area contributed by atoms with Crippen LogP contribution in [0.5, 0.6) is 0 Å². The highest BCUT2D eigenvalue weighted by atomic mass is 79.9. The van der Waals surface area contributed by atoms with E-state index in [4.69, 9.17) is 15.7 Å². The molecule has 0 unspecified atom stereocenters. The number of fused-ring (bicyclic) bond motifs is 1. The normalized spacial score (nSPS) is 14.6. The fraction of sp³-hybridized carbons (Fsp3) is 0.569. The summed E-state index contributed by atoms with van der Waals surface area (Å²) in [7, 11) is 3.87. The summed E-state index contributed by atoms with van der Waals surface area (Å²) in [5.74, 6) is -7.33. The summed E-state index contributed by atoms with van der Waals surface area (Å²) in [6.07, 6.45) is -6.58. The number of hydrogen-bond donors (Lipinski definition) is 4. The maximum Gasteiger partial charge on any atom is 0.391 e. The highest BCUT2D eigenvalue weighted by Crippen LogP contribution is 2.27. The lowest BCUT2D eigenvalue weighted by molar-refractivity contribution is -0.169. The summed E-state index contributed by atoms with van der Waals surface area (Å²) < 4.78 is 47.9. The minimum absolute atomic E-state index is 0.0119. The van der Waals surface area contributed by atoms with Crippen LogP contribution in [0.1, 0.15) is 98.1 Å². The van der Waals surface area contributed by atoms with Crippen LogP contribution < -0.4 is 16.4 Å². The lowest BCUT2D eigenvalue weighted by Crippen LogP contribution is -2.60. The predicted molar refractivity (Wildman–Crippen MR) is 267 cm³/mol. The number of rotatable bonds is 26. The van der Waals surface area contributed by atoms with Crippen LogP contribution in [0, 0.1) is 29.1 Å². The monoisotopic (exact) mass is 1070 g/mol. The molecular weight excluding hydrogens is 1010 g/mol. The van der Waals surface area contributed by atoms with Gasteiger partial charge in [0, 0.05) is 68.5 Å². The van der Waals surface area contributed by atoms with Crippen molar-refractivity contribution in [1.82, 2.24) is 29.9 Å². The van der Waals surface area contributed by atoms with Crippen LogP contribution in [0.25, 0.3) is 10.9 Å². The molecule has 0 aliphatic heterocycles. The molecule has 7 atom stereocenters. The number of hydrogen-bond acceptors (Lipinski definition) is 10. The number of carbonyl (C=O) groups excluding carboxylic acids is 6. The zero-order valence-corrected chi connectivity index (χ0v) is 44.3. The zero-order valence-electron chi connectivity index (χ0n) is 42.7. The van der Waals surface area contributed by atoms with Gasteiger partial charge in [-0.25, -0.2) is 9.59 Å². The highest BCUT2D eigenvalue weighted by Gasteiger charge is 2.41. The lowest BCUT2D eigenvalue weighted by atomic mass is 9.97. The first-order chi connectivity index (χ1) is 33.6. The van der Waals surface area contributed by atoms with E-state index in [9.17, 15) is 47.0 Å². The van der Waals surface area contributed by atoms with Crippen LogP contribution in [-0.4, -0.2) is 136 Å². The van der Waals surface area contributed by atoms with Gasteiger partial charge in [-0.1, -0.05) is 87.8 Å². The first kappa shape index (κ1) is 60.3. The molecule has 0 bridgehead atoms. The van der Waals surface area contributed by atoms with Crippen LogP contribution in [0.3, 0.4) is 0 Å². The number of aliphatic carboxylic acids is 1. The van der Waals surface area contributed by atoms with Gasteiger partial charge >= 0.3 is 18.1 Å². The third kappa shape index (κ3) is 17.6. The maximum atomic E-state index is 15.0. The quantitative estimate of drug-likeness (QED) is 0.0662. The van der Waals surface area contributed by atoms with Crippen molar-refractivity contribution in [3.63, 3.8) is 0 Å². The molecule has 0 saturated heterocycles. The molecule has 17 nitrogen and oxygen atoms in total. The largest absolute Gasteiger partial charge is 0.479 e. The van der Waals surface area contributed by atoms with Gasteiger partial charge in [-0.3, -0.25) is 24.0 Å². The van der Waals surface area contributed by atoms with Crippen LogP contribution in [0.2, 0.25) is 0 Å². The standard InChI is InChI=1S/C51H70BrF3N8O9/c1-29(2)22-38(47(67)60(8)32(7)50(71)72-43(49(69)70)16-13-21-56)58-45(65)42(25-34-28-63(40-15-12-11-14-36(34)40)27-33-17-19-35(52)20-18-33)62(10)48(68)39(23-30(3)4)59-44(64)41(24-31(5)6)61(9)46(66)37(57)26-51(53,54)55/h11-12,14-15,17-20,28-32,37-39,41-43H,13,16,22-27,57H2,1-10H3,(H,58,65)(H,59,64)(H,69,70)/t32-,37-,38-,39-,41-,42-,43+/m0/s1. The van der Waals surface area contributed by atoms with E-state index in [1.54, 1.807) is 33.8 Å². The van der Waals surface area contributed by atoms with E-state index in [0.717, 1.165) is 30.7 Å². The summed E-state index contributed by atoms with van der Waals surface area (Å²) in [6, 6.07) is 8.46. The molecule has 0 aliphatic rings. The number of likely N-dealkylation sites (N-methyl/N-ethyl adjacent to an activating group) is 3. The molecule has 0 fully saturated rings. The molecule has 0 saturated carbocycles. The van der Waals surface area contributed by atoms with Crippen molar-refractivity contribution in [1.29, 1.82) is 5.26 Å². The summed E-state index contributed by atoms with van der Waals surface area (Å²) in [5.41, 5.74) is 8.14. The average molecular weight is 1080 g/mol. The second-order valence-electron chi connectivity index (χ2n) is 19.6. The van der Waals surface area contributed by atoms with E-state index in [0.29, 0.717) is 12.1 Å². The summed E-state index contributed by atoms with van der Waals surface area (Å²) in [5, 5.41) is 24.9. The number of esters is 1. The Morgan fingerprint density at radius 2 is 1.29 bits per heavy atom. The van der Waals surface area contributed by atoms with Crippen molar-refractivity contribution in [3.05, 3.63) is 70.3 Å². The number of carbonyl (C=O) groups is 7. The number of nitriles is 1. The summed E-state index contributed by atoms with van der Waals surface area (Å²) in [6.45, 7) is 12.5. The van der Waals surface area contributed by atoms with Crippen molar-refractivity contribution in [3.8, 4) is 6.07 Å². The van der Waals surface area contributed by atoms with Crippen LogP contribution in [-0.2, 0) is 51.3 Å². The maximum absolute atomic E-state index is 15.0. The highest BCUT2D eigenvalue weighted by molar-refractivity contribution is 9.10. The number of nitrogens with one attached hydrogen (secondary N) is 2. The number of halogens is 4. The van der Waals surface area contributed by atoms with Gasteiger partial charge in [0.2, 0.25) is 29.5 Å². The van der Waals surface area contributed by atoms with Crippen LogP contribution >= 0.6 is 15.9 Å². The summed E-state index contributed by atoms with van der Waals surface area (Å²) >= 11 is 3.47. The molecule has 0 radical (unpaired) electrons.